The van der Waals surface area contributed by atoms with Gasteiger partial charge in [-0.15, -0.1) is 0 Å². The van der Waals surface area contributed by atoms with E-state index in [1.54, 1.807) is 12.4 Å². The van der Waals surface area contributed by atoms with E-state index in [9.17, 15) is 9.59 Å². The van der Waals surface area contributed by atoms with Crippen LogP contribution in [0.3, 0.4) is 0 Å². The number of nitrogens with one attached hydrogen (secondary N) is 2. The molecule has 1 aromatic rings. The first kappa shape index (κ1) is 17.9. The molecule has 3 rings (SSSR count). The van der Waals surface area contributed by atoms with Crippen LogP contribution in [-0.4, -0.2) is 22.8 Å². The predicted octanol–water partition coefficient (Wildman–Crippen LogP) is 3.12. The Morgan fingerprint density at radius 3 is 2.36 bits per heavy atom. The van der Waals surface area contributed by atoms with E-state index in [0.29, 0.717) is 0 Å². The van der Waals surface area contributed by atoms with Crippen LogP contribution in [0.25, 0.3) is 0 Å². The summed E-state index contributed by atoms with van der Waals surface area (Å²) in [5, 5.41) is 6.31. The molecule has 0 radical (unpaired) electrons. The summed E-state index contributed by atoms with van der Waals surface area (Å²) in [6, 6.07) is 4.08. The van der Waals surface area contributed by atoms with E-state index in [-0.39, 0.29) is 35.7 Å². The molecule has 2 fully saturated rings. The Hall–Kier alpha value is -1.91. The lowest BCUT2D eigenvalue weighted by molar-refractivity contribution is -0.127. The lowest BCUT2D eigenvalue weighted by atomic mass is 9.85. The van der Waals surface area contributed by atoms with Crippen molar-refractivity contribution in [3.05, 3.63) is 30.1 Å². The van der Waals surface area contributed by atoms with Crippen LogP contribution in [0.4, 0.5) is 0 Å². The fourth-order valence-electron chi connectivity index (χ4n) is 4.05. The maximum absolute atomic E-state index is 12.5. The topological polar surface area (TPSA) is 71.1 Å². The van der Waals surface area contributed by atoms with Crippen molar-refractivity contribution >= 4 is 11.8 Å². The molecule has 0 saturated heterocycles. The van der Waals surface area contributed by atoms with E-state index >= 15 is 0 Å². The van der Waals surface area contributed by atoms with Gasteiger partial charge >= 0.3 is 0 Å². The molecular weight excluding hydrogens is 314 g/mol. The Morgan fingerprint density at radius 2 is 1.72 bits per heavy atom. The molecule has 5 nitrogen and oxygen atoms in total. The van der Waals surface area contributed by atoms with E-state index in [4.69, 9.17) is 0 Å². The molecule has 0 bridgehead atoms. The minimum absolute atomic E-state index is 0.0269. The zero-order chi connectivity index (χ0) is 17.6. The third kappa shape index (κ3) is 4.80. The van der Waals surface area contributed by atoms with E-state index in [1.165, 1.54) is 12.8 Å². The second-order valence-electron chi connectivity index (χ2n) is 7.56. The highest BCUT2D eigenvalue weighted by molar-refractivity contribution is 5.80. The van der Waals surface area contributed by atoms with Gasteiger partial charge in [0.25, 0.3) is 0 Å². The largest absolute Gasteiger partial charge is 0.353 e. The van der Waals surface area contributed by atoms with Crippen LogP contribution in [0.5, 0.6) is 0 Å². The Balaban J connectivity index is 1.42. The van der Waals surface area contributed by atoms with Crippen LogP contribution in [0, 0.1) is 11.8 Å². The first-order valence-electron chi connectivity index (χ1n) is 9.64. The summed E-state index contributed by atoms with van der Waals surface area (Å²) in [7, 11) is 0. The molecule has 1 heterocycles. The van der Waals surface area contributed by atoms with Crippen LogP contribution in [0.2, 0.25) is 0 Å². The molecule has 2 N–H and O–H groups in total. The maximum Gasteiger partial charge on any atom is 0.223 e. The summed E-state index contributed by atoms with van der Waals surface area (Å²) < 4.78 is 0. The first-order valence-corrected chi connectivity index (χ1v) is 9.64. The van der Waals surface area contributed by atoms with E-state index in [0.717, 1.165) is 44.1 Å². The summed E-state index contributed by atoms with van der Waals surface area (Å²) >= 11 is 0. The summed E-state index contributed by atoms with van der Waals surface area (Å²) in [5.74, 6) is 0.632. The quantitative estimate of drug-likeness (QED) is 0.863. The molecular formula is C20H29N3O2. The summed E-state index contributed by atoms with van der Waals surface area (Å²) in [6.07, 6.45) is 11.5. The minimum Gasteiger partial charge on any atom is -0.353 e. The Bertz CT molecular complexity index is 576. The number of rotatable bonds is 5. The van der Waals surface area contributed by atoms with E-state index in [1.807, 2.05) is 19.1 Å². The number of nitrogens with zero attached hydrogens (tertiary/aromatic N) is 1. The molecule has 1 aromatic heterocycles. The van der Waals surface area contributed by atoms with E-state index in [2.05, 4.69) is 15.6 Å². The average Bonchev–Trinajstić information content (AvgIpc) is 3.18. The van der Waals surface area contributed by atoms with Crippen molar-refractivity contribution < 1.29 is 9.59 Å². The monoisotopic (exact) mass is 343 g/mol. The molecule has 2 aliphatic carbocycles. The van der Waals surface area contributed by atoms with Gasteiger partial charge in [0.2, 0.25) is 11.8 Å². The van der Waals surface area contributed by atoms with Crippen LogP contribution in [-0.2, 0) is 9.59 Å². The second-order valence-corrected chi connectivity index (χ2v) is 7.56. The molecule has 5 heteroatoms. The number of hydrogen-bond donors (Lipinski definition) is 2. The standard InChI is InChI=1S/C20H29N3O2/c1-14(17-7-4-12-21-13-17)22-19(24)16-8-10-18(11-9-16)23-20(25)15-5-2-3-6-15/h4,7,12-16,18H,2-3,5-6,8-11H2,1H3,(H,22,24)(H,23,25)/t14-,16?,18?/m1/s1. The molecule has 136 valence electrons. The van der Waals surface area contributed by atoms with Gasteiger partial charge in [0.15, 0.2) is 0 Å². The van der Waals surface area contributed by atoms with Crippen molar-refractivity contribution in [2.45, 2.75) is 70.4 Å². The fraction of sp³-hybridized carbons (Fsp3) is 0.650. The van der Waals surface area contributed by atoms with Crippen LogP contribution in [0.15, 0.2) is 24.5 Å². The van der Waals surface area contributed by atoms with Gasteiger partial charge in [-0.1, -0.05) is 18.9 Å². The lowest BCUT2D eigenvalue weighted by Crippen LogP contribution is -2.42. The van der Waals surface area contributed by atoms with Gasteiger partial charge in [0.1, 0.15) is 0 Å². The predicted molar refractivity (Wildman–Crippen MR) is 96.6 cm³/mol. The van der Waals surface area contributed by atoms with Crippen molar-refractivity contribution in [1.82, 2.24) is 15.6 Å². The summed E-state index contributed by atoms with van der Waals surface area (Å²) in [6.45, 7) is 1.99. The molecule has 2 aliphatic rings. The maximum atomic E-state index is 12.5. The van der Waals surface area contributed by atoms with Gasteiger partial charge < -0.3 is 10.6 Å². The Labute approximate surface area is 150 Å². The first-order chi connectivity index (χ1) is 12.1. The molecule has 0 aromatic carbocycles. The molecule has 1 atom stereocenters. The van der Waals surface area contributed by atoms with Crippen LogP contribution < -0.4 is 10.6 Å². The third-order valence-corrected chi connectivity index (χ3v) is 5.71. The number of amides is 2. The minimum atomic E-state index is -0.0269. The van der Waals surface area contributed by atoms with Crippen molar-refractivity contribution in [3.63, 3.8) is 0 Å². The van der Waals surface area contributed by atoms with Gasteiger partial charge in [-0.3, -0.25) is 14.6 Å². The number of aromatic nitrogens is 1. The van der Waals surface area contributed by atoms with Crippen LogP contribution in [0.1, 0.15) is 69.9 Å². The molecule has 0 aliphatic heterocycles. The van der Waals surface area contributed by atoms with Gasteiger partial charge in [-0.25, -0.2) is 0 Å². The SMILES string of the molecule is C[C@@H](NC(=O)C1CCC(NC(=O)C2CCCC2)CC1)c1cccnc1. The zero-order valence-corrected chi connectivity index (χ0v) is 15.0. The number of hydrogen-bond acceptors (Lipinski definition) is 3. The molecule has 2 amide bonds. The zero-order valence-electron chi connectivity index (χ0n) is 15.0. The highest BCUT2D eigenvalue weighted by Crippen LogP contribution is 2.28. The van der Waals surface area contributed by atoms with Gasteiger partial charge in [-0.2, -0.15) is 0 Å². The molecule has 2 saturated carbocycles. The van der Waals surface area contributed by atoms with Crippen molar-refractivity contribution in [2.24, 2.45) is 11.8 Å². The average molecular weight is 343 g/mol. The highest BCUT2D eigenvalue weighted by atomic mass is 16.2. The number of carbonyl (C=O) groups is 2. The van der Waals surface area contributed by atoms with Crippen molar-refractivity contribution in [3.8, 4) is 0 Å². The van der Waals surface area contributed by atoms with Gasteiger partial charge in [0.05, 0.1) is 6.04 Å². The summed E-state index contributed by atoms with van der Waals surface area (Å²) in [4.78, 5) is 28.8. The van der Waals surface area contributed by atoms with Crippen molar-refractivity contribution in [2.75, 3.05) is 0 Å². The van der Waals surface area contributed by atoms with E-state index < -0.39 is 0 Å². The second kappa shape index (κ2) is 8.45. The number of carbonyl (C=O) groups excluding carboxylic acids is 2. The van der Waals surface area contributed by atoms with Crippen LogP contribution >= 0.6 is 0 Å². The summed E-state index contributed by atoms with van der Waals surface area (Å²) in [5.41, 5.74) is 1.02. The molecule has 0 unspecified atom stereocenters. The Morgan fingerprint density at radius 1 is 1.04 bits per heavy atom. The van der Waals surface area contributed by atoms with Gasteiger partial charge in [0, 0.05) is 30.3 Å². The fourth-order valence-corrected chi connectivity index (χ4v) is 4.05. The lowest BCUT2D eigenvalue weighted by Gasteiger charge is -2.30. The highest BCUT2D eigenvalue weighted by Gasteiger charge is 2.30. The third-order valence-electron chi connectivity index (χ3n) is 5.71. The number of pyridine rings is 1. The molecule has 0 spiro atoms. The smallest absolute Gasteiger partial charge is 0.223 e. The molecule has 25 heavy (non-hydrogen) atoms. The normalized spacial score (nSPS) is 25.3. The Kier molecular flexibility index (Phi) is 6.05. The van der Waals surface area contributed by atoms with Gasteiger partial charge in [-0.05, 0) is 57.1 Å². The van der Waals surface area contributed by atoms with Crippen molar-refractivity contribution in [1.29, 1.82) is 0 Å².